The van der Waals surface area contributed by atoms with Crippen molar-refractivity contribution in [1.82, 2.24) is 0 Å². The highest BCUT2D eigenvalue weighted by Gasteiger charge is 2.46. The molecule has 6 N–H and O–H groups in total. The molecule has 2 heterocycles. The Labute approximate surface area is 139 Å². The van der Waals surface area contributed by atoms with Crippen LogP contribution in [0.15, 0.2) is 0 Å². The molecule has 10 nitrogen and oxygen atoms in total. The van der Waals surface area contributed by atoms with Crippen LogP contribution in [0.4, 0.5) is 0 Å². The molecular formula is C14H26O10. The number of rotatable bonds is 5. The lowest BCUT2D eigenvalue weighted by Gasteiger charge is -2.42. The zero-order chi connectivity index (χ0) is 18.0. The molecule has 0 bridgehead atoms. The van der Waals surface area contributed by atoms with Crippen LogP contribution in [0.3, 0.4) is 0 Å². The summed E-state index contributed by atoms with van der Waals surface area (Å²) < 4.78 is 20.9. The SMILES string of the molecule is CC[C@H]1O[C@@H](OC[C@H]2O[C@H](OC)[C@H](O)[C@@H](O)[C@H]2O)[C@H](O)[C@@H](O)[C@H]1O. The van der Waals surface area contributed by atoms with Gasteiger partial charge in [-0.15, -0.1) is 0 Å². The van der Waals surface area contributed by atoms with Crippen LogP contribution in [0, 0.1) is 0 Å². The number of ether oxygens (including phenoxy) is 4. The summed E-state index contributed by atoms with van der Waals surface area (Å²) in [5, 5.41) is 59.0. The molecule has 0 aliphatic carbocycles. The van der Waals surface area contributed by atoms with Crippen LogP contribution in [0.1, 0.15) is 13.3 Å². The number of methoxy groups -OCH3 is 1. The predicted molar refractivity (Wildman–Crippen MR) is 76.6 cm³/mol. The van der Waals surface area contributed by atoms with Crippen LogP contribution in [0.5, 0.6) is 0 Å². The van der Waals surface area contributed by atoms with E-state index in [1.165, 1.54) is 7.11 Å². The molecule has 0 radical (unpaired) electrons. The predicted octanol–water partition coefficient (Wildman–Crippen LogP) is -3.33. The molecule has 0 spiro atoms. The smallest absolute Gasteiger partial charge is 0.186 e. The zero-order valence-electron chi connectivity index (χ0n) is 13.5. The molecule has 0 amide bonds. The summed E-state index contributed by atoms with van der Waals surface area (Å²) in [6.45, 7) is 1.44. The molecule has 24 heavy (non-hydrogen) atoms. The second kappa shape index (κ2) is 8.32. The third-order valence-electron chi connectivity index (χ3n) is 4.40. The number of hydrogen-bond acceptors (Lipinski definition) is 10. The summed E-state index contributed by atoms with van der Waals surface area (Å²) in [6, 6.07) is 0. The topological polar surface area (TPSA) is 158 Å². The van der Waals surface area contributed by atoms with Gasteiger partial charge in [0.2, 0.25) is 0 Å². The second-order valence-electron chi connectivity index (χ2n) is 6.01. The Kier molecular flexibility index (Phi) is 6.90. The first-order valence-corrected chi connectivity index (χ1v) is 7.85. The monoisotopic (exact) mass is 354 g/mol. The second-order valence-corrected chi connectivity index (χ2v) is 6.01. The van der Waals surface area contributed by atoms with Crippen LogP contribution < -0.4 is 0 Å². The zero-order valence-corrected chi connectivity index (χ0v) is 13.5. The van der Waals surface area contributed by atoms with E-state index in [0.717, 1.165) is 0 Å². The first-order valence-electron chi connectivity index (χ1n) is 7.85. The highest BCUT2D eigenvalue weighted by Crippen LogP contribution is 2.26. The van der Waals surface area contributed by atoms with Gasteiger partial charge in [-0.1, -0.05) is 6.92 Å². The van der Waals surface area contributed by atoms with Gasteiger partial charge in [0.15, 0.2) is 12.6 Å². The van der Waals surface area contributed by atoms with Gasteiger partial charge in [0, 0.05) is 7.11 Å². The maximum absolute atomic E-state index is 9.95. The normalized spacial score (nSPS) is 50.0. The molecule has 142 valence electrons. The molecule has 0 aromatic heterocycles. The fraction of sp³-hybridized carbons (Fsp3) is 1.00. The van der Waals surface area contributed by atoms with Gasteiger partial charge in [-0.3, -0.25) is 0 Å². The van der Waals surface area contributed by atoms with E-state index < -0.39 is 61.4 Å². The summed E-state index contributed by atoms with van der Waals surface area (Å²) in [4.78, 5) is 0. The van der Waals surface area contributed by atoms with Crippen LogP contribution in [0.2, 0.25) is 0 Å². The summed E-state index contributed by atoms with van der Waals surface area (Å²) in [6.07, 6.45) is -12.3. The van der Waals surface area contributed by atoms with Gasteiger partial charge >= 0.3 is 0 Å². The lowest BCUT2D eigenvalue weighted by atomic mass is 9.97. The standard InChI is InChI=1S/C14H26O10/c1-3-5-7(15)9(17)12(20)14(23-5)22-4-6-8(16)10(18)11(19)13(21-2)24-6/h5-20H,3-4H2,1-2H3/t5-,6-,7+,8+,9+,10+,11-,12-,13+,14-/m1/s1. The van der Waals surface area contributed by atoms with E-state index in [-0.39, 0.29) is 6.61 Å². The van der Waals surface area contributed by atoms with Crippen molar-refractivity contribution in [1.29, 1.82) is 0 Å². The average molecular weight is 354 g/mol. The Hall–Kier alpha value is -0.400. The Morgan fingerprint density at radius 1 is 0.708 bits per heavy atom. The van der Waals surface area contributed by atoms with Crippen molar-refractivity contribution in [3.05, 3.63) is 0 Å². The van der Waals surface area contributed by atoms with Gasteiger partial charge in [0.05, 0.1) is 12.7 Å². The summed E-state index contributed by atoms with van der Waals surface area (Å²) in [5.74, 6) is 0. The van der Waals surface area contributed by atoms with E-state index in [1.807, 2.05) is 0 Å². The Morgan fingerprint density at radius 2 is 1.21 bits per heavy atom. The Morgan fingerprint density at radius 3 is 1.75 bits per heavy atom. The molecule has 0 aromatic carbocycles. The van der Waals surface area contributed by atoms with E-state index >= 15 is 0 Å². The fourth-order valence-electron chi connectivity index (χ4n) is 2.83. The van der Waals surface area contributed by atoms with E-state index in [9.17, 15) is 30.6 Å². The highest BCUT2D eigenvalue weighted by molar-refractivity contribution is 4.91. The molecule has 2 rings (SSSR count). The largest absolute Gasteiger partial charge is 0.388 e. The van der Waals surface area contributed by atoms with Crippen LogP contribution in [-0.4, -0.2) is 106 Å². The van der Waals surface area contributed by atoms with E-state index in [4.69, 9.17) is 18.9 Å². The van der Waals surface area contributed by atoms with E-state index in [1.54, 1.807) is 6.92 Å². The third kappa shape index (κ3) is 3.88. The van der Waals surface area contributed by atoms with Gasteiger partial charge in [-0.25, -0.2) is 0 Å². The number of hydrogen-bond donors (Lipinski definition) is 6. The van der Waals surface area contributed by atoms with Crippen LogP contribution in [-0.2, 0) is 18.9 Å². The molecular weight excluding hydrogens is 328 g/mol. The molecule has 0 saturated carbocycles. The Bertz CT molecular complexity index is 356. The van der Waals surface area contributed by atoms with Crippen LogP contribution in [0.25, 0.3) is 0 Å². The quantitative estimate of drug-likeness (QED) is 0.295. The lowest BCUT2D eigenvalue weighted by molar-refractivity contribution is -0.326. The number of aliphatic hydroxyl groups excluding tert-OH is 6. The first kappa shape index (κ1) is 19.9. The lowest BCUT2D eigenvalue weighted by Crippen LogP contribution is -2.61. The van der Waals surface area contributed by atoms with E-state index in [0.29, 0.717) is 6.42 Å². The molecule has 2 fully saturated rings. The Balaban J connectivity index is 1.96. The molecule has 2 aliphatic heterocycles. The molecule has 2 aliphatic rings. The minimum atomic E-state index is -1.50. The maximum atomic E-state index is 9.95. The van der Waals surface area contributed by atoms with E-state index in [2.05, 4.69) is 0 Å². The van der Waals surface area contributed by atoms with Gasteiger partial charge in [0.25, 0.3) is 0 Å². The maximum Gasteiger partial charge on any atom is 0.186 e. The fourth-order valence-corrected chi connectivity index (χ4v) is 2.83. The molecule has 10 atom stereocenters. The molecule has 10 heteroatoms. The van der Waals surface area contributed by atoms with Crippen molar-refractivity contribution >= 4 is 0 Å². The minimum Gasteiger partial charge on any atom is -0.388 e. The van der Waals surface area contributed by atoms with Gasteiger partial charge in [-0.2, -0.15) is 0 Å². The van der Waals surface area contributed by atoms with Gasteiger partial charge in [0.1, 0.15) is 42.7 Å². The van der Waals surface area contributed by atoms with Crippen LogP contribution >= 0.6 is 0 Å². The minimum absolute atomic E-state index is 0.300. The average Bonchev–Trinajstić information content (AvgIpc) is 2.58. The molecule has 2 saturated heterocycles. The van der Waals surface area contributed by atoms with Crippen molar-refractivity contribution < 1.29 is 49.6 Å². The van der Waals surface area contributed by atoms with Crippen molar-refractivity contribution in [2.24, 2.45) is 0 Å². The van der Waals surface area contributed by atoms with Gasteiger partial charge < -0.3 is 49.6 Å². The summed E-state index contributed by atoms with van der Waals surface area (Å²) in [5.41, 5.74) is 0. The number of aliphatic hydroxyl groups is 6. The molecule has 0 aromatic rings. The summed E-state index contributed by atoms with van der Waals surface area (Å²) >= 11 is 0. The van der Waals surface area contributed by atoms with Crippen molar-refractivity contribution in [2.45, 2.75) is 74.8 Å². The summed E-state index contributed by atoms with van der Waals surface area (Å²) in [7, 11) is 1.27. The highest BCUT2D eigenvalue weighted by atomic mass is 16.7. The van der Waals surface area contributed by atoms with Crippen molar-refractivity contribution in [2.75, 3.05) is 13.7 Å². The third-order valence-corrected chi connectivity index (χ3v) is 4.40. The van der Waals surface area contributed by atoms with Crippen molar-refractivity contribution in [3.8, 4) is 0 Å². The molecule has 0 unspecified atom stereocenters. The van der Waals surface area contributed by atoms with Crippen molar-refractivity contribution in [3.63, 3.8) is 0 Å². The first-order chi connectivity index (χ1) is 11.3. The van der Waals surface area contributed by atoms with Gasteiger partial charge in [-0.05, 0) is 6.42 Å².